The summed E-state index contributed by atoms with van der Waals surface area (Å²) >= 11 is 0. The van der Waals surface area contributed by atoms with Crippen molar-refractivity contribution in [1.29, 1.82) is 0 Å². The number of nitrogens with one attached hydrogen (secondary N) is 2. The molecule has 0 radical (unpaired) electrons. The molecule has 3 rings (SSSR count). The van der Waals surface area contributed by atoms with E-state index in [1.165, 1.54) is 6.07 Å². The van der Waals surface area contributed by atoms with E-state index in [9.17, 15) is 14.4 Å². The quantitative estimate of drug-likeness (QED) is 0.565. The van der Waals surface area contributed by atoms with Crippen molar-refractivity contribution in [2.45, 2.75) is 0 Å². The van der Waals surface area contributed by atoms with E-state index in [0.717, 1.165) is 11.4 Å². The van der Waals surface area contributed by atoms with Gasteiger partial charge in [0.15, 0.2) is 0 Å². The molecule has 0 aliphatic heterocycles. The van der Waals surface area contributed by atoms with Gasteiger partial charge >= 0.3 is 0 Å². The fourth-order valence-corrected chi connectivity index (χ4v) is 2.96. The molecule has 152 valence electrons. The number of hydrogen-bond acceptors (Lipinski definition) is 4. The van der Waals surface area contributed by atoms with E-state index < -0.39 is 11.8 Å². The molecule has 0 heterocycles. The van der Waals surface area contributed by atoms with E-state index in [2.05, 4.69) is 10.6 Å². The molecule has 0 saturated heterocycles. The zero-order valence-corrected chi connectivity index (χ0v) is 16.5. The second kappa shape index (κ2) is 9.38. The summed E-state index contributed by atoms with van der Waals surface area (Å²) in [5.41, 5.74) is 8.06. The van der Waals surface area contributed by atoms with Crippen molar-refractivity contribution in [3.63, 3.8) is 0 Å². The summed E-state index contributed by atoms with van der Waals surface area (Å²) in [7, 11) is 1.87. The minimum atomic E-state index is -0.585. The van der Waals surface area contributed by atoms with Crippen molar-refractivity contribution >= 4 is 34.8 Å². The van der Waals surface area contributed by atoms with Crippen molar-refractivity contribution in [1.82, 2.24) is 5.32 Å². The molecule has 0 saturated carbocycles. The van der Waals surface area contributed by atoms with Gasteiger partial charge in [-0.05, 0) is 42.5 Å². The highest BCUT2D eigenvalue weighted by molar-refractivity contribution is 6.03. The van der Waals surface area contributed by atoms with E-state index in [1.54, 1.807) is 30.3 Å². The Morgan fingerprint density at radius 2 is 1.60 bits per heavy atom. The lowest BCUT2D eigenvalue weighted by atomic mass is 10.1. The number of para-hydroxylation sites is 2. The summed E-state index contributed by atoms with van der Waals surface area (Å²) in [6.45, 7) is -0.219. The number of carbonyl (C=O) groups is 3. The van der Waals surface area contributed by atoms with Crippen molar-refractivity contribution in [2.75, 3.05) is 23.8 Å². The zero-order chi connectivity index (χ0) is 21.5. The van der Waals surface area contributed by atoms with Crippen LogP contribution in [-0.4, -0.2) is 31.3 Å². The first-order chi connectivity index (χ1) is 14.5. The second-order valence-electron chi connectivity index (χ2n) is 6.59. The molecule has 0 atom stereocenters. The number of carbonyl (C=O) groups excluding carboxylic acids is 3. The summed E-state index contributed by atoms with van der Waals surface area (Å²) < 4.78 is 0. The molecule has 30 heavy (non-hydrogen) atoms. The first-order valence-corrected chi connectivity index (χ1v) is 9.31. The molecule has 0 spiro atoms. The Hall–Kier alpha value is -4.13. The van der Waals surface area contributed by atoms with E-state index >= 15 is 0 Å². The first kappa shape index (κ1) is 20.6. The van der Waals surface area contributed by atoms with Gasteiger partial charge in [0.1, 0.15) is 0 Å². The molecular formula is C23H22N4O3. The predicted octanol–water partition coefficient (Wildman–Crippen LogP) is 2.92. The number of benzene rings is 3. The molecule has 7 nitrogen and oxygen atoms in total. The molecule has 3 aromatic carbocycles. The van der Waals surface area contributed by atoms with Crippen LogP contribution in [-0.2, 0) is 4.79 Å². The number of amides is 3. The van der Waals surface area contributed by atoms with Crippen molar-refractivity contribution in [3.8, 4) is 0 Å². The first-order valence-electron chi connectivity index (χ1n) is 9.31. The molecule has 3 amide bonds. The highest BCUT2D eigenvalue weighted by Gasteiger charge is 2.16. The Morgan fingerprint density at radius 1 is 0.900 bits per heavy atom. The maximum absolute atomic E-state index is 12.7. The lowest BCUT2D eigenvalue weighted by Gasteiger charge is -2.22. The molecule has 0 aromatic heterocycles. The highest BCUT2D eigenvalue weighted by atomic mass is 16.2. The van der Waals surface area contributed by atoms with Crippen LogP contribution >= 0.6 is 0 Å². The lowest BCUT2D eigenvalue weighted by molar-refractivity contribution is -0.115. The van der Waals surface area contributed by atoms with E-state index in [1.807, 2.05) is 54.4 Å². The summed E-state index contributed by atoms with van der Waals surface area (Å²) in [4.78, 5) is 38.1. The summed E-state index contributed by atoms with van der Waals surface area (Å²) in [5, 5.41) is 5.27. The van der Waals surface area contributed by atoms with E-state index in [-0.39, 0.29) is 18.0 Å². The van der Waals surface area contributed by atoms with Crippen molar-refractivity contribution in [2.24, 2.45) is 5.73 Å². The van der Waals surface area contributed by atoms with Gasteiger partial charge in [-0.25, -0.2) is 0 Å². The van der Waals surface area contributed by atoms with Crippen LogP contribution in [0, 0.1) is 0 Å². The lowest BCUT2D eigenvalue weighted by Crippen LogP contribution is -2.33. The molecule has 7 heteroatoms. The number of hydrogen-bond donors (Lipinski definition) is 3. The van der Waals surface area contributed by atoms with Gasteiger partial charge in [0.25, 0.3) is 5.91 Å². The number of anilines is 3. The zero-order valence-electron chi connectivity index (χ0n) is 16.5. The standard InChI is InChI=1S/C23H22N4O3/c1-27(18-10-3-2-4-11-18)20-13-6-5-12-19(20)23(30)25-15-21(28)26-17-9-7-8-16(14-17)22(24)29/h2-14H,15H2,1H3,(H2,24,29)(H,25,30)(H,26,28). The fourth-order valence-electron chi connectivity index (χ4n) is 2.96. The Bertz CT molecular complexity index is 1070. The smallest absolute Gasteiger partial charge is 0.253 e. The van der Waals surface area contributed by atoms with Gasteiger partial charge < -0.3 is 21.3 Å². The molecular weight excluding hydrogens is 380 g/mol. The Balaban J connectivity index is 1.66. The summed E-state index contributed by atoms with van der Waals surface area (Å²) in [6, 6.07) is 23.1. The van der Waals surface area contributed by atoms with Gasteiger partial charge in [-0.3, -0.25) is 14.4 Å². The van der Waals surface area contributed by atoms with Crippen LogP contribution < -0.4 is 21.3 Å². The predicted molar refractivity (Wildman–Crippen MR) is 117 cm³/mol. The minimum Gasteiger partial charge on any atom is -0.366 e. The summed E-state index contributed by atoms with van der Waals surface area (Å²) in [5.74, 6) is -1.37. The average molecular weight is 402 g/mol. The highest BCUT2D eigenvalue weighted by Crippen LogP contribution is 2.26. The molecule has 0 unspecified atom stereocenters. The summed E-state index contributed by atoms with van der Waals surface area (Å²) in [6.07, 6.45) is 0. The van der Waals surface area contributed by atoms with Crippen LogP contribution in [0.5, 0.6) is 0 Å². The monoisotopic (exact) mass is 402 g/mol. The van der Waals surface area contributed by atoms with Crippen LogP contribution in [0.1, 0.15) is 20.7 Å². The van der Waals surface area contributed by atoms with Crippen molar-refractivity contribution < 1.29 is 14.4 Å². The number of primary amides is 1. The Labute approximate surface area is 174 Å². The third kappa shape index (κ3) is 5.02. The number of nitrogens with two attached hydrogens (primary N) is 1. The Morgan fingerprint density at radius 3 is 2.33 bits per heavy atom. The van der Waals surface area contributed by atoms with Crippen molar-refractivity contribution in [3.05, 3.63) is 90.0 Å². The van der Waals surface area contributed by atoms with Crippen LogP contribution in [0.25, 0.3) is 0 Å². The largest absolute Gasteiger partial charge is 0.366 e. The molecule has 4 N–H and O–H groups in total. The van der Waals surface area contributed by atoms with E-state index in [4.69, 9.17) is 5.73 Å². The topological polar surface area (TPSA) is 105 Å². The van der Waals surface area contributed by atoms with Gasteiger partial charge in [-0.15, -0.1) is 0 Å². The average Bonchev–Trinajstić information content (AvgIpc) is 2.77. The second-order valence-corrected chi connectivity index (χ2v) is 6.59. The van der Waals surface area contributed by atoms with Crippen LogP contribution in [0.2, 0.25) is 0 Å². The van der Waals surface area contributed by atoms with Crippen LogP contribution in [0.4, 0.5) is 17.1 Å². The van der Waals surface area contributed by atoms with Gasteiger partial charge in [-0.1, -0.05) is 36.4 Å². The fraction of sp³-hybridized carbons (Fsp3) is 0.0870. The van der Waals surface area contributed by atoms with Crippen LogP contribution in [0.3, 0.4) is 0 Å². The molecule has 0 fully saturated rings. The van der Waals surface area contributed by atoms with Gasteiger partial charge in [0, 0.05) is 24.0 Å². The van der Waals surface area contributed by atoms with E-state index in [0.29, 0.717) is 11.3 Å². The SMILES string of the molecule is CN(c1ccccc1)c1ccccc1C(=O)NCC(=O)Nc1cccc(C(N)=O)c1. The van der Waals surface area contributed by atoms with Gasteiger partial charge in [0.05, 0.1) is 17.8 Å². The molecule has 0 aliphatic carbocycles. The number of rotatable bonds is 7. The third-order valence-electron chi connectivity index (χ3n) is 4.49. The van der Waals surface area contributed by atoms with Gasteiger partial charge in [-0.2, -0.15) is 0 Å². The third-order valence-corrected chi connectivity index (χ3v) is 4.49. The Kier molecular flexibility index (Phi) is 6.44. The molecule has 0 bridgehead atoms. The maximum Gasteiger partial charge on any atom is 0.253 e. The van der Waals surface area contributed by atoms with Gasteiger partial charge in [0.2, 0.25) is 11.8 Å². The maximum atomic E-state index is 12.7. The van der Waals surface area contributed by atoms with Crippen LogP contribution in [0.15, 0.2) is 78.9 Å². The number of nitrogens with zero attached hydrogens (tertiary/aromatic N) is 1. The minimum absolute atomic E-state index is 0.219. The molecule has 0 aliphatic rings. The normalized spacial score (nSPS) is 10.2. The molecule has 3 aromatic rings.